The number of halogens is 2. The zero-order valence-electron chi connectivity index (χ0n) is 16.5. The van der Waals surface area contributed by atoms with Crippen molar-refractivity contribution in [3.63, 3.8) is 0 Å². The first-order valence-electron chi connectivity index (χ1n) is 9.91. The van der Waals surface area contributed by atoms with E-state index < -0.39 is 11.6 Å². The minimum atomic E-state index is -0.900. The Morgan fingerprint density at radius 1 is 0.935 bits per heavy atom. The van der Waals surface area contributed by atoms with E-state index in [9.17, 15) is 13.9 Å². The number of phenolic OH excluding ortho intramolecular Hbond substituents is 1. The summed E-state index contributed by atoms with van der Waals surface area (Å²) in [5.41, 5.74) is 4.98. The van der Waals surface area contributed by atoms with Gasteiger partial charge in [0.15, 0.2) is 11.6 Å². The van der Waals surface area contributed by atoms with Crippen LogP contribution in [0.2, 0.25) is 0 Å². The zero-order valence-corrected chi connectivity index (χ0v) is 16.5. The summed E-state index contributed by atoms with van der Waals surface area (Å²) in [5.74, 6) is -1.21. The Hall–Kier alpha value is -3.93. The Labute approximate surface area is 178 Å². The molecule has 0 unspecified atom stereocenters. The summed E-state index contributed by atoms with van der Waals surface area (Å²) in [4.78, 5) is 9.70. The molecule has 0 aliphatic carbocycles. The number of nitrogens with one attached hydrogen (secondary N) is 1. The van der Waals surface area contributed by atoms with E-state index in [2.05, 4.69) is 39.1 Å². The second-order valence-corrected chi connectivity index (χ2v) is 7.51. The molecular weight excluding hydrogens is 396 g/mol. The van der Waals surface area contributed by atoms with Crippen molar-refractivity contribution in [3.05, 3.63) is 102 Å². The van der Waals surface area contributed by atoms with Gasteiger partial charge in [0, 0.05) is 12.7 Å². The molecule has 6 heteroatoms. The minimum absolute atomic E-state index is 0.124. The fourth-order valence-electron chi connectivity index (χ4n) is 3.72. The predicted molar refractivity (Wildman–Crippen MR) is 116 cm³/mol. The second kappa shape index (κ2) is 7.72. The molecule has 5 rings (SSSR count). The number of phenols is 1. The van der Waals surface area contributed by atoms with Crippen LogP contribution in [0.5, 0.6) is 5.75 Å². The Morgan fingerprint density at radius 2 is 1.65 bits per heavy atom. The van der Waals surface area contributed by atoms with Gasteiger partial charge in [0.1, 0.15) is 11.6 Å². The summed E-state index contributed by atoms with van der Waals surface area (Å²) >= 11 is 0. The van der Waals surface area contributed by atoms with Crippen LogP contribution < -0.4 is 0 Å². The molecule has 0 saturated heterocycles. The van der Waals surface area contributed by atoms with Crippen LogP contribution in [0.1, 0.15) is 17.0 Å². The van der Waals surface area contributed by atoms with E-state index >= 15 is 0 Å². The molecule has 0 spiro atoms. The summed E-state index contributed by atoms with van der Waals surface area (Å²) in [7, 11) is 0. The van der Waals surface area contributed by atoms with Crippen molar-refractivity contribution in [1.29, 1.82) is 0 Å². The van der Waals surface area contributed by atoms with Gasteiger partial charge in [0.2, 0.25) is 0 Å². The molecule has 0 fully saturated rings. The van der Waals surface area contributed by atoms with Crippen LogP contribution in [0.25, 0.3) is 28.6 Å². The van der Waals surface area contributed by atoms with Crippen molar-refractivity contribution >= 4 is 6.08 Å². The van der Waals surface area contributed by atoms with Gasteiger partial charge < -0.3 is 15.0 Å². The van der Waals surface area contributed by atoms with Gasteiger partial charge >= 0.3 is 0 Å². The van der Waals surface area contributed by atoms with Gasteiger partial charge in [0.25, 0.3) is 0 Å². The van der Waals surface area contributed by atoms with Crippen molar-refractivity contribution in [2.75, 3.05) is 0 Å². The molecular formula is C25H19F2N3O. The largest absolute Gasteiger partial charge is 0.508 e. The van der Waals surface area contributed by atoms with E-state index in [0.29, 0.717) is 18.9 Å². The normalized spacial score (nSPS) is 12.8. The summed E-state index contributed by atoms with van der Waals surface area (Å²) in [5, 5.41) is 9.44. The first-order valence-corrected chi connectivity index (χ1v) is 9.91. The van der Waals surface area contributed by atoms with Crippen LogP contribution in [0.4, 0.5) is 8.78 Å². The summed E-state index contributed by atoms with van der Waals surface area (Å²) < 4.78 is 27.7. The topological polar surface area (TPSA) is 52.1 Å². The number of hydrogen-bond acceptors (Lipinski definition) is 3. The van der Waals surface area contributed by atoms with E-state index in [-0.39, 0.29) is 11.3 Å². The van der Waals surface area contributed by atoms with E-state index in [1.165, 1.54) is 12.1 Å². The number of aromatic hydroxyl groups is 1. The number of aromatic amines is 1. The quantitative estimate of drug-likeness (QED) is 0.449. The summed E-state index contributed by atoms with van der Waals surface area (Å²) in [6.07, 6.45) is 3.87. The van der Waals surface area contributed by atoms with E-state index in [0.717, 1.165) is 34.1 Å². The molecule has 0 atom stereocenters. The van der Waals surface area contributed by atoms with E-state index in [1.807, 2.05) is 24.4 Å². The first-order chi connectivity index (χ1) is 15.1. The number of aromatic nitrogens is 2. The fraction of sp³-hybridized carbons (Fsp3) is 0.0800. The third-order valence-electron chi connectivity index (χ3n) is 5.36. The summed E-state index contributed by atoms with van der Waals surface area (Å²) in [6.45, 7) is 1.27. The van der Waals surface area contributed by atoms with E-state index in [1.54, 1.807) is 12.1 Å². The molecule has 2 N–H and O–H groups in total. The van der Waals surface area contributed by atoms with Gasteiger partial charge in [-0.25, -0.2) is 13.8 Å². The van der Waals surface area contributed by atoms with Crippen LogP contribution >= 0.6 is 0 Å². The number of nitrogens with zero attached hydrogens (tertiary/aromatic N) is 2. The third-order valence-corrected chi connectivity index (χ3v) is 5.36. The highest BCUT2D eigenvalue weighted by atomic mass is 19.2. The van der Waals surface area contributed by atoms with Gasteiger partial charge in [-0.15, -0.1) is 0 Å². The highest BCUT2D eigenvalue weighted by Crippen LogP contribution is 2.27. The Bertz CT molecular complexity index is 1260. The zero-order chi connectivity index (χ0) is 21.4. The van der Waals surface area contributed by atoms with Crippen LogP contribution in [-0.2, 0) is 13.1 Å². The SMILES string of the molecule is Oc1ccc(-c2ccc(CN3C=Cc4[nH]c(-c5cccc(F)c5F)nc4C3)cc2)cc1. The molecule has 0 radical (unpaired) electrons. The van der Waals surface area contributed by atoms with Crippen LogP contribution in [0, 0.1) is 11.6 Å². The fourth-order valence-corrected chi connectivity index (χ4v) is 3.72. The Morgan fingerprint density at radius 3 is 2.39 bits per heavy atom. The first kappa shape index (κ1) is 19.1. The minimum Gasteiger partial charge on any atom is -0.508 e. The maximum Gasteiger partial charge on any atom is 0.169 e. The molecule has 0 amide bonds. The smallest absolute Gasteiger partial charge is 0.169 e. The molecule has 0 bridgehead atoms. The van der Waals surface area contributed by atoms with Crippen LogP contribution in [0.15, 0.2) is 72.9 Å². The number of rotatable bonds is 4. The number of benzene rings is 3. The number of fused-ring (bicyclic) bond motifs is 1. The Balaban J connectivity index is 1.31. The molecule has 1 aliphatic rings. The Kier molecular flexibility index (Phi) is 4.75. The number of H-pyrrole nitrogens is 1. The molecule has 4 nitrogen and oxygen atoms in total. The van der Waals surface area contributed by atoms with Crippen LogP contribution in [0.3, 0.4) is 0 Å². The molecule has 1 aromatic heterocycles. The van der Waals surface area contributed by atoms with Gasteiger partial charge in [-0.2, -0.15) is 0 Å². The molecule has 154 valence electrons. The monoisotopic (exact) mass is 415 g/mol. The average Bonchev–Trinajstić information content (AvgIpc) is 3.20. The lowest BCUT2D eigenvalue weighted by Crippen LogP contribution is -2.19. The second-order valence-electron chi connectivity index (χ2n) is 7.51. The van der Waals surface area contributed by atoms with Gasteiger partial charge in [-0.1, -0.05) is 42.5 Å². The van der Waals surface area contributed by atoms with Crippen molar-refractivity contribution in [2.24, 2.45) is 0 Å². The van der Waals surface area contributed by atoms with Crippen molar-refractivity contribution < 1.29 is 13.9 Å². The molecule has 31 heavy (non-hydrogen) atoms. The van der Waals surface area contributed by atoms with Gasteiger partial charge in [0.05, 0.1) is 23.5 Å². The van der Waals surface area contributed by atoms with Crippen molar-refractivity contribution in [2.45, 2.75) is 13.1 Å². The lowest BCUT2D eigenvalue weighted by Gasteiger charge is -2.23. The molecule has 4 aromatic rings. The maximum atomic E-state index is 14.1. The number of imidazole rings is 1. The lowest BCUT2D eigenvalue weighted by molar-refractivity contribution is 0.355. The lowest BCUT2D eigenvalue weighted by atomic mass is 10.0. The van der Waals surface area contributed by atoms with Gasteiger partial charge in [-0.05, 0) is 47.0 Å². The van der Waals surface area contributed by atoms with Crippen molar-refractivity contribution in [1.82, 2.24) is 14.9 Å². The van der Waals surface area contributed by atoms with Crippen molar-refractivity contribution in [3.8, 4) is 28.3 Å². The van der Waals surface area contributed by atoms with Gasteiger partial charge in [-0.3, -0.25) is 0 Å². The molecule has 2 heterocycles. The highest BCUT2D eigenvalue weighted by molar-refractivity contribution is 5.64. The summed E-state index contributed by atoms with van der Waals surface area (Å²) in [6, 6.07) is 19.5. The molecule has 3 aromatic carbocycles. The molecule has 0 saturated carbocycles. The van der Waals surface area contributed by atoms with Crippen LogP contribution in [-0.4, -0.2) is 20.0 Å². The highest BCUT2D eigenvalue weighted by Gasteiger charge is 2.19. The predicted octanol–water partition coefficient (Wildman–Crippen LogP) is 5.71. The molecule has 1 aliphatic heterocycles. The standard InChI is InChI=1S/C25H19F2N3O/c26-21-3-1-2-20(24(21)27)25-28-22-12-13-30(15-23(22)29-25)14-16-4-6-17(7-5-16)18-8-10-19(31)11-9-18/h1-13,31H,14-15H2,(H,28,29). The maximum absolute atomic E-state index is 14.1. The third kappa shape index (κ3) is 3.80. The number of hydrogen-bond donors (Lipinski definition) is 2. The van der Waals surface area contributed by atoms with E-state index in [4.69, 9.17) is 0 Å². The average molecular weight is 415 g/mol.